The van der Waals surface area contributed by atoms with Gasteiger partial charge in [0.25, 0.3) is 11.6 Å². The number of imidazole rings is 1. The number of halogens is 1. The minimum absolute atomic E-state index is 0.0524. The number of aliphatic hydroxyl groups excluding tert-OH is 1. The predicted octanol–water partition coefficient (Wildman–Crippen LogP) is 0.563. The van der Waals surface area contributed by atoms with Crippen molar-refractivity contribution in [3.63, 3.8) is 0 Å². The van der Waals surface area contributed by atoms with Gasteiger partial charge in [0.15, 0.2) is 11.2 Å². The summed E-state index contributed by atoms with van der Waals surface area (Å²) in [5.41, 5.74) is -0.465. The number of hydrogen-bond acceptors (Lipinski definition) is 5. The topological polar surface area (TPSA) is 93.0 Å². The van der Waals surface area contributed by atoms with E-state index in [1.54, 1.807) is 0 Å². The lowest BCUT2D eigenvalue weighted by molar-refractivity contribution is -0.0211. The maximum Gasteiger partial charge on any atom is 0.291 e. The Morgan fingerprint density at radius 1 is 1.60 bits per heavy atom. The molecule has 2 N–H and O–H groups in total. The van der Waals surface area contributed by atoms with E-state index in [0.717, 1.165) is 0 Å². The third-order valence-corrected chi connectivity index (χ3v) is 3.76. The van der Waals surface area contributed by atoms with Gasteiger partial charge in [-0.25, -0.2) is 4.98 Å². The summed E-state index contributed by atoms with van der Waals surface area (Å²) in [5.74, 6) is -0.207. The first-order chi connectivity index (χ1) is 9.52. The highest BCUT2D eigenvalue weighted by Gasteiger charge is 2.41. The first kappa shape index (κ1) is 13.2. The molecular weight excluding hydrogens is 267 g/mol. The molecule has 1 unspecified atom stereocenters. The van der Waals surface area contributed by atoms with Crippen molar-refractivity contribution in [2.45, 2.75) is 38.7 Å². The summed E-state index contributed by atoms with van der Waals surface area (Å²) in [6.07, 6.45) is -0.348. The van der Waals surface area contributed by atoms with E-state index in [0.29, 0.717) is 6.42 Å². The Balaban J connectivity index is 2.09. The van der Waals surface area contributed by atoms with Crippen LogP contribution in [0, 0.1) is 12.0 Å². The van der Waals surface area contributed by atoms with Gasteiger partial charge < -0.3 is 9.84 Å². The molecule has 3 rings (SSSR count). The first-order valence-corrected chi connectivity index (χ1v) is 6.48. The smallest absolute Gasteiger partial charge is 0.291 e. The summed E-state index contributed by atoms with van der Waals surface area (Å²) < 4.78 is 20.5. The van der Waals surface area contributed by atoms with E-state index in [-0.39, 0.29) is 23.2 Å². The van der Waals surface area contributed by atoms with Crippen molar-refractivity contribution >= 4 is 11.2 Å². The summed E-state index contributed by atoms with van der Waals surface area (Å²) in [7, 11) is 0. The van der Waals surface area contributed by atoms with Crippen LogP contribution in [0.15, 0.2) is 11.1 Å². The summed E-state index contributed by atoms with van der Waals surface area (Å²) in [6.45, 7) is 3.75. The highest BCUT2D eigenvalue weighted by Crippen LogP contribution is 2.36. The molecule has 0 aliphatic carbocycles. The Kier molecular flexibility index (Phi) is 3.06. The van der Waals surface area contributed by atoms with Gasteiger partial charge in [0.2, 0.25) is 0 Å². The summed E-state index contributed by atoms with van der Waals surface area (Å²) in [6, 6.07) is 0. The van der Waals surface area contributed by atoms with Crippen LogP contribution in [0.1, 0.15) is 26.5 Å². The molecule has 108 valence electrons. The number of aromatic nitrogens is 4. The van der Waals surface area contributed by atoms with Crippen LogP contribution in [0.25, 0.3) is 11.2 Å². The van der Waals surface area contributed by atoms with Crippen molar-refractivity contribution in [1.82, 2.24) is 19.5 Å². The van der Waals surface area contributed by atoms with E-state index in [4.69, 9.17) is 4.74 Å². The van der Waals surface area contributed by atoms with Crippen molar-refractivity contribution < 1.29 is 14.2 Å². The van der Waals surface area contributed by atoms with Gasteiger partial charge in [-0.1, -0.05) is 13.8 Å². The third-order valence-electron chi connectivity index (χ3n) is 3.76. The SMILES string of the molecule is CC[C@H]1O[C@@H](n2cnc3c(=O)[nH]c(F)nc32)[C@@H](C)C1O. The monoisotopic (exact) mass is 282 g/mol. The maximum atomic E-state index is 13.3. The van der Waals surface area contributed by atoms with Crippen LogP contribution in [0.4, 0.5) is 4.39 Å². The molecule has 0 aromatic carbocycles. The van der Waals surface area contributed by atoms with Crippen LogP contribution in [0.2, 0.25) is 0 Å². The minimum Gasteiger partial charge on any atom is -0.390 e. The molecule has 1 saturated heterocycles. The van der Waals surface area contributed by atoms with E-state index < -0.39 is 24.0 Å². The van der Waals surface area contributed by atoms with E-state index in [1.165, 1.54) is 10.9 Å². The van der Waals surface area contributed by atoms with Gasteiger partial charge in [0, 0.05) is 5.92 Å². The largest absolute Gasteiger partial charge is 0.390 e. The Labute approximate surface area is 113 Å². The second-order valence-corrected chi connectivity index (χ2v) is 5.00. The molecule has 3 heterocycles. The molecule has 0 bridgehead atoms. The molecule has 1 aliphatic heterocycles. The number of aliphatic hydroxyl groups is 1. The van der Waals surface area contributed by atoms with Gasteiger partial charge in [-0.15, -0.1) is 0 Å². The fourth-order valence-electron chi connectivity index (χ4n) is 2.63. The van der Waals surface area contributed by atoms with Gasteiger partial charge in [-0.3, -0.25) is 14.3 Å². The Morgan fingerprint density at radius 3 is 3.00 bits per heavy atom. The molecule has 1 aliphatic rings. The molecule has 20 heavy (non-hydrogen) atoms. The van der Waals surface area contributed by atoms with Crippen LogP contribution in [-0.4, -0.2) is 36.8 Å². The number of hydrogen-bond donors (Lipinski definition) is 2. The van der Waals surface area contributed by atoms with Crippen molar-refractivity contribution in [3.8, 4) is 0 Å². The van der Waals surface area contributed by atoms with Crippen molar-refractivity contribution in [3.05, 3.63) is 22.8 Å². The van der Waals surface area contributed by atoms with Crippen LogP contribution in [0.3, 0.4) is 0 Å². The normalized spacial score (nSPS) is 30.2. The molecular formula is C12H15FN4O3. The molecule has 4 atom stereocenters. The third kappa shape index (κ3) is 1.83. The number of nitrogens with zero attached hydrogens (tertiary/aromatic N) is 3. The maximum absolute atomic E-state index is 13.3. The van der Waals surface area contributed by atoms with Gasteiger partial charge in [0.05, 0.1) is 18.5 Å². The van der Waals surface area contributed by atoms with Gasteiger partial charge in [0.1, 0.15) is 6.23 Å². The molecule has 2 aromatic rings. The predicted molar refractivity (Wildman–Crippen MR) is 67.5 cm³/mol. The van der Waals surface area contributed by atoms with Gasteiger partial charge in [-0.05, 0) is 6.42 Å². The second-order valence-electron chi connectivity index (χ2n) is 5.00. The lowest BCUT2D eigenvalue weighted by atomic mass is 10.0. The molecule has 1 fully saturated rings. The highest BCUT2D eigenvalue weighted by molar-refractivity contribution is 5.68. The highest BCUT2D eigenvalue weighted by atomic mass is 19.1. The van der Waals surface area contributed by atoms with Gasteiger partial charge in [-0.2, -0.15) is 9.37 Å². The number of aromatic amines is 1. The number of fused-ring (bicyclic) bond motifs is 1. The molecule has 0 amide bonds. The van der Waals surface area contributed by atoms with E-state index in [2.05, 4.69) is 9.97 Å². The molecule has 7 nitrogen and oxygen atoms in total. The molecule has 0 saturated carbocycles. The van der Waals surface area contributed by atoms with E-state index in [1.807, 2.05) is 18.8 Å². The average molecular weight is 282 g/mol. The van der Waals surface area contributed by atoms with Crippen molar-refractivity contribution in [2.24, 2.45) is 5.92 Å². The minimum atomic E-state index is -0.970. The fraction of sp³-hybridized carbons (Fsp3) is 0.583. The van der Waals surface area contributed by atoms with Crippen LogP contribution in [-0.2, 0) is 4.74 Å². The standard InChI is InChI=1S/C12H15FN4O3/c1-3-6-8(18)5(2)11(20-6)17-4-14-7-9(17)15-12(13)16-10(7)19/h4-6,8,11,18H,3H2,1-2H3,(H,15,16,19)/t5-,6+,8?,11+/m0/s1. The molecule has 0 spiro atoms. The number of H-pyrrole nitrogens is 1. The van der Waals surface area contributed by atoms with Crippen LogP contribution >= 0.6 is 0 Å². The van der Waals surface area contributed by atoms with Gasteiger partial charge >= 0.3 is 0 Å². The van der Waals surface area contributed by atoms with E-state index >= 15 is 0 Å². The zero-order valence-corrected chi connectivity index (χ0v) is 11.1. The lowest BCUT2D eigenvalue weighted by Crippen LogP contribution is -2.24. The van der Waals surface area contributed by atoms with Crippen molar-refractivity contribution in [2.75, 3.05) is 0 Å². The fourth-order valence-corrected chi connectivity index (χ4v) is 2.63. The van der Waals surface area contributed by atoms with Crippen LogP contribution < -0.4 is 5.56 Å². The molecule has 0 radical (unpaired) electrons. The molecule has 2 aromatic heterocycles. The zero-order valence-electron chi connectivity index (χ0n) is 11.1. The zero-order chi connectivity index (χ0) is 14.4. The summed E-state index contributed by atoms with van der Waals surface area (Å²) in [5, 5.41) is 10.1. The van der Waals surface area contributed by atoms with E-state index in [9.17, 15) is 14.3 Å². The number of ether oxygens (including phenoxy) is 1. The summed E-state index contributed by atoms with van der Waals surface area (Å²) in [4.78, 5) is 21.2. The Hall–Kier alpha value is -1.80. The summed E-state index contributed by atoms with van der Waals surface area (Å²) >= 11 is 0. The lowest BCUT2D eigenvalue weighted by Gasteiger charge is -2.17. The Bertz CT molecular complexity index is 698. The number of nitrogens with one attached hydrogen (secondary N) is 1. The average Bonchev–Trinajstić information content (AvgIpc) is 2.93. The second kappa shape index (κ2) is 4.64. The first-order valence-electron chi connectivity index (χ1n) is 6.48. The quantitative estimate of drug-likeness (QED) is 0.785. The number of rotatable bonds is 2. The molecule has 8 heteroatoms. The van der Waals surface area contributed by atoms with Crippen molar-refractivity contribution in [1.29, 1.82) is 0 Å². The van der Waals surface area contributed by atoms with Crippen LogP contribution in [0.5, 0.6) is 0 Å². The Morgan fingerprint density at radius 2 is 2.35 bits per heavy atom.